The van der Waals surface area contributed by atoms with Gasteiger partial charge in [-0.15, -0.1) is 0 Å². The summed E-state index contributed by atoms with van der Waals surface area (Å²) in [7, 11) is -2.97. The van der Waals surface area contributed by atoms with Gasteiger partial charge in [-0.3, -0.25) is 0 Å². The van der Waals surface area contributed by atoms with Crippen LogP contribution in [0.4, 0.5) is 4.79 Å². The van der Waals surface area contributed by atoms with E-state index in [0.29, 0.717) is 12.3 Å². The van der Waals surface area contributed by atoms with Crippen LogP contribution in [0, 0.1) is 5.92 Å². The Bertz CT molecular complexity index is 481. The third kappa shape index (κ3) is 4.47. The second-order valence-corrected chi connectivity index (χ2v) is 8.00. The second-order valence-electron chi connectivity index (χ2n) is 5.77. The van der Waals surface area contributed by atoms with E-state index in [9.17, 15) is 13.2 Å². The molecule has 2 aliphatic rings. The van der Waals surface area contributed by atoms with Crippen molar-refractivity contribution in [3.05, 3.63) is 0 Å². The van der Waals surface area contributed by atoms with Gasteiger partial charge in [-0.2, -0.15) is 5.10 Å². The minimum absolute atomic E-state index is 0.0335. The minimum Gasteiger partial charge on any atom is -0.333 e. The molecule has 0 aromatic heterocycles. The zero-order chi connectivity index (χ0) is 14.6. The van der Waals surface area contributed by atoms with Crippen molar-refractivity contribution in [2.24, 2.45) is 11.0 Å². The maximum atomic E-state index is 11.7. The Morgan fingerprint density at radius 2 is 1.85 bits per heavy atom. The average Bonchev–Trinajstić information content (AvgIpc) is 2.76. The van der Waals surface area contributed by atoms with Gasteiger partial charge in [0.1, 0.15) is 0 Å². The summed E-state index contributed by atoms with van der Waals surface area (Å²) < 4.78 is 22.6. The first-order chi connectivity index (χ1) is 9.46. The Kier molecular flexibility index (Phi) is 5.01. The second kappa shape index (κ2) is 6.56. The van der Waals surface area contributed by atoms with E-state index in [-0.39, 0.29) is 17.5 Å². The Morgan fingerprint density at radius 1 is 1.15 bits per heavy atom. The summed E-state index contributed by atoms with van der Waals surface area (Å²) in [4.78, 5) is 11.7. The van der Waals surface area contributed by atoms with Crippen LogP contribution < -0.4 is 10.7 Å². The highest BCUT2D eigenvalue weighted by Gasteiger charge is 2.28. The van der Waals surface area contributed by atoms with E-state index < -0.39 is 15.9 Å². The monoisotopic (exact) mass is 301 g/mol. The summed E-state index contributed by atoms with van der Waals surface area (Å²) in [5.41, 5.74) is 3.43. The van der Waals surface area contributed by atoms with Crippen LogP contribution in [0.5, 0.6) is 0 Å². The predicted octanol–water partition coefficient (Wildman–Crippen LogP) is 1.43. The molecule has 2 rings (SSSR count). The van der Waals surface area contributed by atoms with Crippen molar-refractivity contribution < 1.29 is 13.2 Å². The Hall–Kier alpha value is -1.11. The molecule has 0 aromatic carbocycles. The van der Waals surface area contributed by atoms with Gasteiger partial charge in [-0.25, -0.2) is 18.6 Å². The van der Waals surface area contributed by atoms with Crippen LogP contribution in [-0.2, 0) is 9.84 Å². The molecule has 6 nitrogen and oxygen atoms in total. The normalized spacial score (nSPS) is 27.2. The van der Waals surface area contributed by atoms with Gasteiger partial charge in [0, 0.05) is 11.8 Å². The fourth-order valence-corrected chi connectivity index (χ4v) is 4.55. The zero-order valence-electron chi connectivity index (χ0n) is 11.9. The van der Waals surface area contributed by atoms with Crippen LogP contribution in [0.2, 0.25) is 0 Å². The van der Waals surface area contributed by atoms with Gasteiger partial charge in [-0.05, 0) is 32.1 Å². The van der Waals surface area contributed by atoms with E-state index in [0.717, 1.165) is 18.6 Å². The number of hydrazone groups is 1. The molecular weight excluding hydrogens is 278 g/mol. The average molecular weight is 301 g/mol. The van der Waals surface area contributed by atoms with Gasteiger partial charge in [0.25, 0.3) is 0 Å². The third-order valence-corrected chi connectivity index (χ3v) is 5.87. The van der Waals surface area contributed by atoms with Crippen LogP contribution in [-0.4, -0.2) is 37.7 Å². The van der Waals surface area contributed by atoms with Gasteiger partial charge in [0.05, 0.1) is 11.5 Å². The lowest BCUT2D eigenvalue weighted by Crippen LogP contribution is -2.41. The molecule has 1 saturated heterocycles. The van der Waals surface area contributed by atoms with Gasteiger partial charge in [0.2, 0.25) is 0 Å². The predicted molar refractivity (Wildman–Crippen MR) is 78.4 cm³/mol. The van der Waals surface area contributed by atoms with Gasteiger partial charge in [-0.1, -0.05) is 19.3 Å². The van der Waals surface area contributed by atoms with Crippen molar-refractivity contribution in [3.63, 3.8) is 0 Å². The van der Waals surface area contributed by atoms with Crippen molar-refractivity contribution in [1.82, 2.24) is 10.7 Å². The number of amides is 2. The lowest BCUT2D eigenvalue weighted by Gasteiger charge is -2.21. The zero-order valence-corrected chi connectivity index (χ0v) is 12.7. The van der Waals surface area contributed by atoms with E-state index in [4.69, 9.17) is 0 Å². The summed E-state index contributed by atoms with van der Waals surface area (Å²) in [5, 5.41) is 6.79. The minimum atomic E-state index is -2.97. The summed E-state index contributed by atoms with van der Waals surface area (Å²) in [6.07, 6.45) is 6.50. The number of nitrogens with one attached hydrogen (secondary N) is 2. The fourth-order valence-electron chi connectivity index (χ4n) is 2.88. The van der Waals surface area contributed by atoms with Gasteiger partial charge >= 0.3 is 6.03 Å². The summed E-state index contributed by atoms with van der Waals surface area (Å²) >= 11 is 0. The molecule has 0 bridgehead atoms. The summed E-state index contributed by atoms with van der Waals surface area (Å²) in [6, 6.07) is -0.701. The fraction of sp³-hybridized carbons (Fsp3) is 0.846. The number of carbonyl (C=O) groups is 1. The van der Waals surface area contributed by atoms with Crippen molar-refractivity contribution in [3.8, 4) is 0 Å². The molecule has 1 aliphatic carbocycles. The smallest absolute Gasteiger partial charge is 0.333 e. The summed E-state index contributed by atoms with van der Waals surface area (Å²) in [5.74, 6) is 0.657. The maximum Gasteiger partial charge on any atom is 0.335 e. The van der Waals surface area contributed by atoms with E-state index in [2.05, 4.69) is 15.8 Å². The highest BCUT2D eigenvalue weighted by atomic mass is 32.2. The molecule has 0 spiro atoms. The van der Waals surface area contributed by atoms with Crippen molar-refractivity contribution in [1.29, 1.82) is 0 Å². The molecule has 2 amide bonds. The number of urea groups is 1. The number of nitrogens with zero attached hydrogens (tertiary/aromatic N) is 1. The Labute approximate surface area is 120 Å². The van der Waals surface area contributed by atoms with Crippen molar-refractivity contribution in [2.45, 2.75) is 51.5 Å². The first-order valence-corrected chi connectivity index (χ1v) is 9.09. The number of sulfone groups is 1. The molecule has 1 aliphatic heterocycles. The van der Waals surface area contributed by atoms with E-state index in [1.165, 1.54) is 19.3 Å². The van der Waals surface area contributed by atoms with E-state index in [1.807, 2.05) is 6.92 Å². The Morgan fingerprint density at radius 3 is 2.45 bits per heavy atom. The van der Waals surface area contributed by atoms with E-state index in [1.54, 1.807) is 0 Å². The van der Waals surface area contributed by atoms with Crippen LogP contribution in [0.15, 0.2) is 5.10 Å². The molecule has 20 heavy (non-hydrogen) atoms. The van der Waals surface area contributed by atoms with Gasteiger partial charge < -0.3 is 5.32 Å². The first kappa shape index (κ1) is 15.3. The molecule has 2 fully saturated rings. The molecular formula is C13H23N3O3S. The molecule has 0 unspecified atom stereocenters. The van der Waals surface area contributed by atoms with Gasteiger partial charge in [0.15, 0.2) is 9.84 Å². The van der Waals surface area contributed by atoms with Crippen molar-refractivity contribution >= 4 is 21.6 Å². The van der Waals surface area contributed by atoms with Crippen LogP contribution >= 0.6 is 0 Å². The number of hydrogen-bond acceptors (Lipinski definition) is 4. The molecule has 7 heteroatoms. The highest BCUT2D eigenvalue weighted by molar-refractivity contribution is 7.91. The molecule has 1 heterocycles. The van der Waals surface area contributed by atoms with Crippen LogP contribution in [0.3, 0.4) is 0 Å². The SMILES string of the molecule is CC(=NNC(=O)N[C@@H]1CCS(=O)(=O)C1)C1CCCCC1. The number of carbonyl (C=O) groups excluding carboxylic acids is 1. The first-order valence-electron chi connectivity index (χ1n) is 7.27. The quantitative estimate of drug-likeness (QED) is 0.610. The van der Waals surface area contributed by atoms with Crippen LogP contribution in [0.1, 0.15) is 45.4 Å². The van der Waals surface area contributed by atoms with Crippen LogP contribution in [0.25, 0.3) is 0 Å². The topological polar surface area (TPSA) is 87.6 Å². The maximum absolute atomic E-state index is 11.7. The van der Waals surface area contributed by atoms with E-state index >= 15 is 0 Å². The lowest BCUT2D eigenvalue weighted by molar-refractivity contribution is 0.238. The summed E-state index contributed by atoms with van der Waals surface area (Å²) in [6.45, 7) is 1.94. The molecule has 0 radical (unpaired) electrons. The molecule has 1 saturated carbocycles. The van der Waals surface area contributed by atoms with Crippen molar-refractivity contribution in [2.75, 3.05) is 11.5 Å². The molecule has 0 aromatic rings. The Balaban J connectivity index is 1.77. The number of hydrogen-bond donors (Lipinski definition) is 2. The third-order valence-electron chi connectivity index (χ3n) is 4.10. The molecule has 1 atom stereocenters. The standard InChI is InChI=1S/C13H23N3O3S/c1-10(11-5-3-2-4-6-11)15-16-13(17)14-12-7-8-20(18,19)9-12/h11-12H,2-9H2,1H3,(H2,14,16,17)/t12-/m1/s1. The lowest BCUT2D eigenvalue weighted by atomic mass is 9.86. The number of rotatable bonds is 3. The largest absolute Gasteiger partial charge is 0.335 e. The molecule has 2 N–H and O–H groups in total. The molecule has 114 valence electrons. The highest BCUT2D eigenvalue weighted by Crippen LogP contribution is 2.24.